The molecule has 1 heterocycles. The molecule has 1 fully saturated rings. The SMILES string of the molecule is CCC(C)C(=O)OC1CC(C)(C)N(C)C(C)(C)C1. The van der Waals surface area contributed by atoms with Gasteiger partial charge in [0.25, 0.3) is 0 Å². The zero-order valence-corrected chi connectivity index (χ0v) is 13.0. The topological polar surface area (TPSA) is 29.5 Å². The maximum absolute atomic E-state index is 11.9. The van der Waals surface area contributed by atoms with Crippen molar-refractivity contribution in [1.82, 2.24) is 4.90 Å². The van der Waals surface area contributed by atoms with Gasteiger partial charge in [0.05, 0.1) is 5.92 Å². The smallest absolute Gasteiger partial charge is 0.308 e. The minimum absolute atomic E-state index is 0.0101. The van der Waals surface area contributed by atoms with E-state index in [-0.39, 0.29) is 29.1 Å². The second kappa shape index (κ2) is 5.20. The molecule has 1 atom stereocenters. The summed E-state index contributed by atoms with van der Waals surface area (Å²) in [7, 11) is 2.16. The van der Waals surface area contributed by atoms with Gasteiger partial charge in [-0.05, 0) is 41.2 Å². The zero-order chi connectivity index (χ0) is 14.1. The van der Waals surface area contributed by atoms with E-state index < -0.39 is 0 Å². The Kier molecular flexibility index (Phi) is 4.47. The van der Waals surface area contributed by atoms with Crippen LogP contribution < -0.4 is 0 Å². The summed E-state index contributed by atoms with van der Waals surface area (Å²) in [4.78, 5) is 14.3. The fourth-order valence-electron chi connectivity index (χ4n) is 2.81. The standard InChI is InChI=1S/C15H29NO2/c1-8-11(2)13(17)18-12-9-14(3,4)16(7)15(5,6)10-12/h11-12H,8-10H2,1-7H3. The summed E-state index contributed by atoms with van der Waals surface area (Å²) in [6.07, 6.45) is 2.72. The van der Waals surface area contributed by atoms with Crippen molar-refractivity contribution in [2.24, 2.45) is 5.92 Å². The Hall–Kier alpha value is -0.570. The van der Waals surface area contributed by atoms with E-state index in [2.05, 4.69) is 39.6 Å². The first-order valence-corrected chi connectivity index (χ1v) is 7.04. The molecule has 1 aliphatic heterocycles. The van der Waals surface area contributed by atoms with Gasteiger partial charge in [0.2, 0.25) is 0 Å². The largest absolute Gasteiger partial charge is 0.462 e. The number of ether oxygens (including phenoxy) is 1. The molecule has 0 aromatic heterocycles. The predicted molar refractivity (Wildman–Crippen MR) is 74.5 cm³/mol. The average Bonchev–Trinajstić information content (AvgIpc) is 2.23. The lowest BCUT2D eigenvalue weighted by Crippen LogP contribution is -2.60. The normalized spacial score (nSPS) is 25.7. The minimum atomic E-state index is -0.0429. The molecule has 106 valence electrons. The lowest BCUT2D eigenvalue weighted by Gasteiger charge is -2.53. The highest BCUT2D eigenvalue weighted by atomic mass is 16.5. The fourth-order valence-corrected chi connectivity index (χ4v) is 2.81. The van der Waals surface area contributed by atoms with Crippen LogP contribution in [0.3, 0.4) is 0 Å². The molecule has 1 rings (SSSR count). The maximum Gasteiger partial charge on any atom is 0.308 e. The number of piperidine rings is 1. The Balaban J connectivity index is 2.72. The molecule has 3 nitrogen and oxygen atoms in total. The lowest BCUT2D eigenvalue weighted by atomic mass is 9.78. The van der Waals surface area contributed by atoms with Gasteiger partial charge in [-0.3, -0.25) is 9.69 Å². The summed E-state index contributed by atoms with van der Waals surface area (Å²) in [6, 6.07) is 0. The fraction of sp³-hybridized carbons (Fsp3) is 0.933. The molecule has 1 saturated heterocycles. The summed E-state index contributed by atoms with van der Waals surface area (Å²) in [6.45, 7) is 12.8. The first kappa shape index (κ1) is 15.5. The molecule has 0 spiro atoms. The van der Waals surface area contributed by atoms with E-state index in [0.29, 0.717) is 0 Å². The molecule has 0 amide bonds. The number of rotatable bonds is 3. The van der Waals surface area contributed by atoms with Crippen molar-refractivity contribution in [3.63, 3.8) is 0 Å². The van der Waals surface area contributed by atoms with E-state index in [1.54, 1.807) is 0 Å². The van der Waals surface area contributed by atoms with Crippen molar-refractivity contribution in [2.45, 2.75) is 78.0 Å². The third kappa shape index (κ3) is 3.25. The molecule has 0 N–H and O–H groups in total. The van der Waals surface area contributed by atoms with Crippen LogP contribution in [0.4, 0.5) is 0 Å². The van der Waals surface area contributed by atoms with Crippen molar-refractivity contribution in [3.8, 4) is 0 Å². The quantitative estimate of drug-likeness (QED) is 0.725. The summed E-state index contributed by atoms with van der Waals surface area (Å²) >= 11 is 0. The molecule has 0 aromatic rings. The zero-order valence-electron chi connectivity index (χ0n) is 13.0. The average molecular weight is 255 g/mol. The molecule has 0 bridgehead atoms. The van der Waals surface area contributed by atoms with Crippen LogP contribution in [0.25, 0.3) is 0 Å². The second-order valence-electron chi connectivity index (χ2n) is 6.96. The molecule has 1 aliphatic rings. The molecule has 0 aliphatic carbocycles. The third-order valence-corrected chi connectivity index (χ3v) is 4.57. The Morgan fingerprint density at radius 2 is 1.72 bits per heavy atom. The number of esters is 1. The predicted octanol–water partition coefficient (Wildman–Crippen LogP) is 3.23. The number of carbonyl (C=O) groups excluding carboxylic acids is 1. The summed E-state index contributed by atoms with van der Waals surface area (Å²) in [5.74, 6) is -0.0328. The van der Waals surface area contributed by atoms with Gasteiger partial charge < -0.3 is 4.74 Å². The Bertz CT molecular complexity index is 292. The Labute approximate surface area is 112 Å². The number of hydrogen-bond donors (Lipinski definition) is 0. The van der Waals surface area contributed by atoms with Crippen LogP contribution in [-0.2, 0) is 9.53 Å². The van der Waals surface area contributed by atoms with Crippen LogP contribution in [0.2, 0.25) is 0 Å². The third-order valence-electron chi connectivity index (χ3n) is 4.57. The van der Waals surface area contributed by atoms with E-state index in [9.17, 15) is 4.79 Å². The van der Waals surface area contributed by atoms with Crippen LogP contribution in [0.1, 0.15) is 60.8 Å². The van der Waals surface area contributed by atoms with E-state index in [4.69, 9.17) is 4.74 Å². The number of nitrogens with zero attached hydrogens (tertiary/aromatic N) is 1. The van der Waals surface area contributed by atoms with E-state index >= 15 is 0 Å². The maximum atomic E-state index is 11.9. The first-order valence-electron chi connectivity index (χ1n) is 7.04. The minimum Gasteiger partial charge on any atom is -0.462 e. The van der Waals surface area contributed by atoms with Crippen LogP contribution in [-0.4, -0.2) is 35.1 Å². The molecule has 18 heavy (non-hydrogen) atoms. The van der Waals surface area contributed by atoms with Crippen LogP contribution in [0, 0.1) is 5.92 Å². The van der Waals surface area contributed by atoms with Gasteiger partial charge in [-0.2, -0.15) is 0 Å². The summed E-state index contributed by atoms with van der Waals surface area (Å²) in [5, 5.41) is 0. The van der Waals surface area contributed by atoms with Crippen LogP contribution in [0.5, 0.6) is 0 Å². The van der Waals surface area contributed by atoms with Gasteiger partial charge in [-0.15, -0.1) is 0 Å². The lowest BCUT2D eigenvalue weighted by molar-refractivity contribution is -0.163. The van der Waals surface area contributed by atoms with E-state index in [1.807, 2.05) is 13.8 Å². The van der Waals surface area contributed by atoms with E-state index in [1.165, 1.54) is 0 Å². The summed E-state index contributed by atoms with van der Waals surface area (Å²) < 4.78 is 5.70. The summed E-state index contributed by atoms with van der Waals surface area (Å²) in [5.41, 5.74) is 0.143. The molecular formula is C15H29NO2. The van der Waals surface area contributed by atoms with Gasteiger partial charge in [0.15, 0.2) is 0 Å². The van der Waals surface area contributed by atoms with Gasteiger partial charge >= 0.3 is 5.97 Å². The van der Waals surface area contributed by atoms with Crippen molar-refractivity contribution in [3.05, 3.63) is 0 Å². The van der Waals surface area contributed by atoms with Crippen molar-refractivity contribution >= 4 is 5.97 Å². The first-order chi connectivity index (χ1) is 8.10. The molecule has 0 saturated carbocycles. The molecule has 0 radical (unpaired) electrons. The van der Waals surface area contributed by atoms with Gasteiger partial charge in [-0.1, -0.05) is 13.8 Å². The highest BCUT2D eigenvalue weighted by molar-refractivity contribution is 5.72. The number of hydrogen-bond acceptors (Lipinski definition) is 3. The number of carbonyl (C=O) groups is 1. The van der Waals surface area contributed by atoms with E-state index in [0.717, 1.165) is 19.3 Å². The van der Waals surface area contributed by atoms with Crippen molar-refractivity contribution < 1.29 is 9.53 Å². The van der Waals surface area contributed by atoms with Crippen LogP contribution in [0.15, 0.2) is 0 Å². The second-order valence-corrected chi connectivity index (χ2v) is 6.96. The molecule has 0 aromatic carbocycles. The highest BCUT2D eigenvalue weighted by Gasteiger charge is 2.44. The van der Waals surface area contributed by atoms with Crippen molar-refractivity contribution in [2.75, 3.05) is 7.05 Å². The Morgan fingerprint density at radius 3 is 2.11 bits per heavy atom. The molecule has 1 unspecified atom stereocenters. The van der Waals surface area contributed by atoms with Crippen LogP contribution >= 0.6 is 0 Å². The number of likely N-dealkylation sites (tertiary alicyclic amines) is 1. The monoisotopic (exact) mass is 255 g/mol. The van der Waals surface area contributed by atoms with Gasteiger partial charge in [0.1, 0.15) is 6.10 Å². The highest BCUT2D eigenvalue weighted by Crippen LogP contribution is 2.38. The molecule has 3 heteroatoms. The Morgan fingerprint density at radius 1 is 1.28 bits per heavy atom. The van der Waals surface area contributed by atoms with Gasteiger partial charge in [-0.25, -0.2) is 0 Å². The molecular weight excluding hydrogens is 226 g/mol. The van der Waals surface area contributed by atoms with Gasteiger partial charge in [0, 0.05) is 23.9 Å². The van der Waals surface area contributed by atoms with Crippen molar-refractivity contribution in [1.29, 1.82) is 0 Å².